The fourth-order valence-electron chi connectivity index (χ4n) is 3.51. The van der Waals surface area contributed by atoms with Crippen LogP contribution in [0.2, 0.25) is 0 Å². The number of amides is 1. The third-order valence-corrected chi connectivity index (χ3v) is 6.23. The Bertz CT molecular complexity index is 647. The van der Waals surface area contributed by atoms with Gasteiger partial charge in [0, 0.05) is 50.7 Å². The first kappa shape index (κ1) is 19.0. The van der Waals surface area contributed by atoms with Crippen LogP contribution in [0.5, 0.6) is 0 Å². The van der Waals surface area contributed by atoms with Gasteiger partial charge in [0.15, 0.2) is 0 Å². The van der Waals surface area contributed by atoms with Crippen molar-refractivity contribution in [1.82, 2.24) is 9.80 Å². The lowest BCUT2D eigenvalue weighted by atomic mass is 10.1. The fraction of sp³-hybridized carbons (Fsp3) is 0.579. The van der Waals surface area contributed by atoms with Gasteiger partial charge in [0.1, 0.15) is 5.25 Å². The van der Waals surface area contributed by atoms with Crippen LogP contribution in [-0.4, -0.2) is 85.6 Å². The van der Waals surface area contributed by atoms with Gasteiger partial charge in [-0.05, 0) is 18.6 Å². The number of hydrogen-bond acceptors (Lipinski definition) is 6. The fourth-order valence-corrected chi connectivity index (χ4v) is 4.63. The molecular weight excluding hydrogens is 350 g/mol. The molecule has 6 nitrogen and oxygen atoms in total. The summed E-state index contributed by atoms with van der Waals surface area (Å²) in [5.41, 5.74) is 2.57. The maximum Gasteiger partial charge on any atom is 0.320 e. The van der Waals surface area contributed by atoms with Crippen LogP contribution in [0, 0.1) is 6.92 Å². The second-order valence-electron chi connectivity index (χ2n) is 6.77. The zero-order chi connectivity index (χ0) is 18.5. The van der Waals surface area contributed by atoms with Crippen LogP contribution in [-0.2, 0) is 14.3 Å². The molecule has 2 aliphatic rings. The number of nitrogens with zero attached hydrogens (tertiary/aromatic N) is 3. The number of aryl methyl sites for hydroxylation is 1. The second-order valence-corrected chi connectivity index (χ2v) is 8.08. The largest absolute Gasteiger partial charge is 0.468 e. The van der Waals surface area contributed by atoms with Gasteiger partial charge in [-0.1, -0.05) is 18.2 Å². The highest BCUT2D eigenvalue weighted by atomic mass is 32.2. The van der Waals surface area contributed by atoms with Crippen LogP contribution in [0.15, 0.2) is 24.3 Å². The zero-order valence-corrected chi connectivity index (χ0v) is 16.3. The Morgan fingerprint density at radius 1 is 1.15 bits per heavy atom. The number of ether oxygens (including phenoxy) is 1. The second kappa shape index (κ2) is 8.77. The molecule has 2 fully saturated rings. The molecule has 0 spiro atoms. The van der Waals surface area contributed by atoms with Crippen molar-refractivity contribution in [3.05, 3.63) is 29.8 Å². The predicted octanol–water partition coefficient (Wildman–Crippen LogP) is 1.23. The minimum Gasteiger partial charge on any atom is -0.468 e. The Kier molecular flexibility index (Phi) is 6.43. The average Bonchev–Trinajstić information content (AvgIpc) is 2.68. The van der Waals surface area contributed by atoms with Crippen molar-refractivity contribution >= 4 is 29.3 Å². The maximum absolute atomic E-state index is 12.6. The minimum absolute atomic E-state index is 0.114. The quantitative estimate of drug-likeness (QED) is 0.736. The molecule has 142 valence electrons. The maximum atomic E-state index is 12.6. The van der Waals surface area contributed by atoms with Crippen LogP contribution in [0.25, 0.3) is 0 Å². The number of methoxy groups -OCH3 is 1. The molecule has 0 aromatic heterocycles. The highest BCUT2D eigenvalue weighted by Crippen LogP contribution is 2.22. The number of benzene rings is 1. The molecule has 2 aliphatic heterocycles. The number of piperazine rings is 1. The van der Waals surface area contributed by atoms with Crippen molar-refractivity contribution in [2.45, 2.75) is 12.2 Å². The van der Waals surface area contributed by atoms with Gasteiger partial charge in [-0.3, -0.25) is 14.5 Å². The van der Waals surface area contributed by atoms with E-state index in [1.54, 1.807) is 11.8 Å². The van der Waals surface area contributed by atoms with Crippen LogP contribution in [0.4, 0.5) is 5.69 Å². The molecule has 3 rings (SSSR count). The monoisotopic (exact) mass is 377 g/mol. The molecule has 0 saturated carbocycles. The summed E-state index contributed by atoms with van der Waals surface area (Å²) >= 11 is 1.57. The first-order valence-electron chi connectivity index (χ1n) is 9.08. The number of rotatable bonds is 4. The normalized spacial score (nSPS) is 21.5. The molecule has 0 radical (unpaired) electrons. The van der Waals surface area contributed by atoms with Crippen LogP contribution in [0.3, 0.4) is 0 Å². The third kappa shape index (κ3) is 4.51. The van der Waals surface area contributed by atoms with E-state index in [-0.39, 0.29) is 17.1 Å². The lowest BCUT2D eigenvalue weighted by Gasteiger charge is -2.38. The zero-order valence-electron chi connectivity index (χ0n) is 15.5. The molecule has 2 heterocycles. The lowest BCUT2D eigenvalue weighted by Crippen LogP contribution is -2.52. The Morgan fingerprint density at radius 2 is 1.88 bits per heavy atom. The molecule has 0 N–H and O–H groups in total. The Hall–Kier alpha value is -1.73. The summed E-state index contributed by atoms with van der Waals surface area (Å²) in [5.74, 6) is 0.662. The van der Waals surface area contributed by atoms with Crippen LogP contribution in [0.1, 0.15) is 5.56 Å². The Morgan fingerprint density at radius 3 is 2.58 bits per heavy atom. The summed E-state index contributed by atoms with van der Waals surface area (Å²) in [6.45, 7) is 7.35. The van der Waals surface area contributed by atoms with E-state index in [1.807, 2.05) is 4.90 Å². The highest BCUT2D eigenvalue weighted by Gasteiger charge is 2.30. The highest BCUT2D eigenvalue weighted by molar-refractivity contribution is 8.00. The van der Waals surface area contributed by atoms with E-state index in [0.29, 0.717) is 19.6 Å². The van der Waals surface area contributed by atoms with Gasteiger partial charge in [-0.15, -0.1) is 11.8 Å². The van der Waals surface area contributed by atoms with Gasteiger partial charge in [-0.2, -0.15) is 0 Å². The van der Waals surface area contributed by atoms with Gasteiger partial charge < -0.3 is 14.5 Å². The minimum atomic E-state index is -0.254. The number of para-hydroxylation sites is 1. The molecule has 1 aromatic carbocycles. The number of hydrogen-bond donors (Lipinski definition) is 0. The number of thioether (sulfide) groups is 1. The van der Waals surface area contributed by atoms with E-state index < -0.39 is 0 Å². The molecule has 7 heteroatoms. The molecule has 26 heavy (non-hydrogen) atoms. The summed E-state index contributed by atoms with van der Waals surface area (Å²) < 4.78 is 4.82. The van der Waals surface area contributed by atoms with Crippen molar-refractivity contribution in [2.75, 3.05) is 63.6 Å². The van der Waals surface area contributed by atoms with Gasteiger partial charge in [0.05, 0.1) is 13.7 Å². The standard InChI is InChI=1S/C19H27N3O3S/c1-15-5-3-4-6-16(15)21-9-7-20(8-10-21)14-18(23)22-11-12-26-17(13-22)19(24)25-2/h3-6,17H,7-14H2,1-2H3/t17-/m1/s1. The van der Waals surface area contributed by atoms with E-state index >= 15 is 0 Å². The number of carbonyl (C=O) groups excluding carboxylic acids is 2. The van der Waals surface area contributed by atoms with Crippen molar-refractivity contribution in [3.8, 4) is 0 Å². The predicted molar refractivity (Wildman–Crippen MR) is 105 cm³/mol. The van der Waals surface area contributed by atoms with E-state index in [2.05, 4.69) is 41.0 Å². The molecule has 1 amide bonds. The van der Waals surface area contributed by atoms with Gasteiger partial charge in [-0.25, -0.2) is 0 Å². The van der Waals surface area contributed by atoms with Crippen molar-refractivity contribution in [2.24, 2.45) is 0 Å². The van der Waals surface area contributed by atoms with Crippen molar-refractivity contribution in [3.63, 3.8) is 0 Å². The Labute approximate surface area is 159 Å². The summed E-state index contributed by atoms with van der Waals surface area (Å²) in [4.78, 5) is 30.8. The summed E-state index contributed by atoms with van der Waals surface area (Å²) in [6, 6.07) is 8.43. The average molecular weight is 378 g/mol. The molecular formula is C19H27N3O3S. The van der Waals surface area contributed by atoms with Gasteiger partial charge in [0.25, 0.3) is 0 Å². The summed E-state index contributed by atoms with van der Waals surface area (Å²) in [6.07, 6.45) is 0. The smallest absolute Gasteiger partial charge is 0.320 e. The molecule has 1 atom stereocenters. The summed E-state index contributed by atoms with van der Waals surface area (Å²) in [5, 5.41) is -0.254. The number of carbonyl (C=O) groups is 2. The SMILES string of the molecule is COC(=O)[C@H]1CN(C(=O)CN2CCN(c3ccccc3C)CC2)CCS1. The lowest BCUT2D eigenvalue weighted by molar-refractivity contribution is -0.141. The first-order chi connectivity index (χ1) is 12.6. The molecule has 0 aliphatic carbocycles. The molecule has 1 aromatic rings. The topological polar surface area (TPSA) is 53.1 Å². The van der Waals surface area contributed by atoms with E-state index in [4.69, 9.17) is 4.74 Å². The number of esters is 1. The van der Waals surface area contributed by atoms with Crippen LogP contribution >= 0.6 is 11.8 Å². The van der Waals surface area contributed by atoms with Crippen LogP contribution < -0.4 is 4.90 Å². The Balaban J connectivity index is 1.49. The summed E-state index contributed by atoms with van der Waals surface area (Å²) in [7, 11) is 1.40. The number of anilines is 1. The van der Waals surface area contributed by atoms with E-state index in [1.165, 1.54) is 18.4 Å². The van der Waals surface area contributed by atoms with Gasteiger partial charge >= 0.3 is 5.97 Å². The van der Waals surface area contributed by atoms with Crippen molar-refractivity contribution < 1.29 is 14.3 Å². The molecule has 0 unspecified atom stereocenters. The third-order valence-electron chi connectivity index (χ3n) is 5.07. The first-order valence-corrected chi connectivity index (χ1v) is 10.1. The van der Waals surface area contributed by atoms with E-state index in [0.717, 1.165) is 31.9 Å². The molecule has 0 bridgehead atoms. The van der Waals surface area contributed by atoms with Gasteiger partial charge in [0.2, 0.25) is 5.91 Å². The molecule has 2 saturated heterocycles. The van der Waals surface area contributed by atoms with E-state index in [9.17, 15) is 9.59 Å². The van der Waals surface area contributed by atoms with Crippen molar-refractivity contribution in [1.29, 1.82) is 0 Å².